The monoisotopic (exact) mass is 333 g/mol. The molecule has 1 aromatic rings. The van der Waals surface area contributed by atoms with Gasteiger partial charge in [-0.25, -0.2) is 0 Å². The number of ketones is 1. The van der Waals surface area contributed by atoms with Crippen LogP contribution in [0.15, 0.2) is 35.6 Å². The van der Waals surface area contributed by atoms with E-state index in [0.717, 1.165) is 25.7 Å². The van der Waals surface area contributed by atoms with Crippen molar-refractivity contribution >= 4 is 29.0 Å². The molecular weight excluding hydrogens is 314 g/mol. The van der Waals surface area contributed by atoms with Gasteiger partial charge in [-0.05, 0) is 43.9 Å². The summed E-state index contributed by atoms with van der Waals surface area (Å²) in [6.45, 7) is 1.41. The van der Waals surface area contributed by atoms with Gasteiger partial charge >= 0.3 is 0 Å². The van der Waals surface area contributed by atoms with Gasteiger partial charge in [-0.3, -0.25) is 14.5 Å². The van der Waals surface area contributed by atoms with Crippen LogP contribution in [0.2, 0.25) is 5.02 Å². The molecule has 1 aromatic carbocycles. The van der Waals surface area contributed by atoms with Gasteiger partial charge in [-0.1, -0.05) is 36.9 Å². The number of hydrogen-bond donors (Lipinski definition) is 1. The maximum atomic E-state index is 12.6. The summed E-state index contributed by atoms with van der Waals surface area (Å²) >= 11 is 6.06. The smallest absolute Gasteiger partial charge is 0.294 e. The van der Waals surface area contributed by atoms with Crippen LogP contribution in [0.4, 0.5) is 5.69 Å². The van der Waals surface area contributed by atoms with Crippen LogP contribution < -0.4 is 4.90 Å². The van der Waals surface area contributed by atoms with Crippen molar-refractivity contribution in [3.05, 3.63) is 40.6 Å². The van der Waals surface area contributed by atoms with Crippen LogP contribution in [0.3, 0.4) is 0 Å². The van der Waals surface area contributed by atoms with E-state index in [9.17, 15) is 14.7 Å². The van der Waals surface area contributed by atoms with E-state index in [1.807, 2.05) is 0 Å². The standard InChI is InChI=1S/C18H20ClNO3/c1-11(21)15-16(12-6-3-2-4-7-12)20(18(23)17(15)22)14-9-5-8-13(19)10-14/h5,8-10,12,16,22H,2-4,6-7H2,1H3. The molecule has 0 spiro atoms. The van der Waals surface area contributed by atoms with E-state index in [-0.39, 0.29) is 17.3 Å². The van der Waals surface area contributed by atoms with Gasteiger partial charge in [-0.15, -0.1) is 0 Å². The minimum atomic E-state index is -0.506. The summed E-state index contributed by atoms with van der Waals surface area (Å²) in [6.07, 6.45) is 5.27. The molecule has 122 valence electrons. The molecule has 1 amide bonds. The molecule has 1 N–H and O–H groups in total. The number of carbonyl (C=O) groups excluding carboxylic acids is 2. The molecule has 1 saturated carbocycles. The van der Waals surface area contributed by atoms with Gasteiger partial charge in [0.25, 0.3) is 5.91 Å². The fourth-order valence-corrected chi connectivity index (χ4v) is 3.98. The summed E-state index contributed by atoms with van der Waals surface area (Å²) in [4.78, 5) is 26.2. The van der Waals surface area contributed by atoms with Crippen LogP contribution in [0.1, 0.15) is 39.0 Å². The van der Waals surface area contributed by atoms with E-state index >= 15 is 0 Å². The van der Waals surface area contributed by atoms with E-state index < -0.39 is 17.7 Å². The Labute approximate surface area is 140 Å². The zero-order valence-corrected chi connectivity index (χ0v) is 13.8. The quantitative estimate of drug-likeness (QED) is 0.908. The van der Waals surface area contributed by atoms with Crippen LogP contribution in [-0.4, -0.2) is 22.8 Å². The van der Waals surface area contributed by atoms with Crippen LogP contribution in [-0.2, 0) is 9.59 Å². The second-order valence-corrected chi connectivity index (χ2v) is 6.75. The van der Waals surface area contributed by atoms with E-state index in [2.05, 4.69) is 0 Å². The second kappa shape index (κ2) is 6.36. The Morgan fingerprint density at radius 3 is 2.57 bits per heavy atom. The molecule has 1 unspecified atom stereocenters. The van der Waals surface area contributed by atoms with Crippen LogP contribution in [0.25, 0.3) is 0 Å². The summed E-state index contributed by atoms with van der Waals surface area (Å²) < 4.78 is 0. The van der Waals surface area contributed by atoms with Crippen molar-refractivity contribution in [2.24, 2.45) is 5.92 Å². The molecular formula is C18H20ClNO3. The van der Waals surface area contributed by atoms with E-state index in [4.69, 9.17) is 11.6 Å². The largest absolute Gasteiger partial charge is 0.503 e. The summed E-state index contributed by atoms with van der Waals surface area (Å²) in [7, 11) is 0. The van der Waals surface area contributed by atoms with Crippen molar-refractivity contribution in [1.29, 1.82) is 0 Å². The zero-order valence-electron chi connectivity index (χ0n) is 13.1. The van der Waals surface area contributed by atoms with Crippen molar-refractivity contribution in [2.75, 3.05) is 4.90 Å². The predicted molar refractivity (Wildman–Crippen MR) is 89.6 cm³/mol. The lowest BCUT2D eigenvalue weighted by atomic mass is 9.80. The maximum absolute atomic E-state index is 12.6. The number of Topliss-reactive ketones (excluding diaryl/α,β-unsaturated/α-hetero) is 1. The molecule has 3 rings (SSSR count). The Balaban J connectivity index is 2.06. The van der Waals surface area contributed by atoms with Gasteiger partial charge in [0.2, 0.25) is 0 Å². The molecule has 1 aliphatic heterocycles. The Morgan fingerprint density at radius 1 is 1.26 bits per heavy atom. The highest BCUT2D eigenvalue weighted by molar-refractivity contribution is 6.31. The lowest BCUT2D eigenvalue weighted by molar-refractivity contribution is -0.117. The van der Waals surface area contributed by atoms with Gasteiger partial charge in [0, 0.05) is 10.7 Å². The highest BCUT2D eigenvalue weighted by atomic mass is 35.5. The molecule has 1 atom stereocenters. The third-order valence-electron chi connectivity index (χ3n) is 4.81. The van der Waals surface area contributed by atoms with Crippen LogP contribution >= 0.6 is 11.6 Å². The number of hydrogen-bond acceptors (Lipinski definition) is 3. The first kappa shape index (κ1) is 16.1. The Hall–Kier alpha value is -1.81. The summed E-state index contributed by atoms with van der Waals surface area (Å²) in [5.41, 5.74) is 0.878. The number of aliphatic hydroxyl groups is 1. The second-order valence-electron chi connectivity index (χ2n) is 6.32. The molecule has 1 heterocycles. The van der Waals surface area contributed by atoms with Gasteiger partial charge in [-0.2, -0.15) is 0 Å². The third-order valence-corrected chi connectivity index (χ3v) is 5.05. The Kier molecular flexibility index (Phi) is 4.44. The van der Waals surface area contributed by atoms with Crippen molar-refractivity contribution in [3.8, 4) is 0 Å². The van der Waals surface area contributed by atoms with Gasteiger partial charge in [0.15, 0.2) is 11.5 Å². The fraction of sp³-hybridized carbons (Fsp3) is 0.444. The highest BCUT2D eigenvalue weighted by Gasteiger charge is 2.46. The molecule has 5 heteroatoms. The molecule has 0 saturated heterocycles. The summed E-state index contributed by atoms with van der Waals surface area (Å²) in [5.74, 6) is -0.965. The number of amides is 1. The molecule has 1 fully saturated rings. The number of anilines is 1. The maximum Gasteiger partial charge on any atom is 0.294 e. The molecule has 0 radical (unpaired) electrons. The number of halogens is 1. The Morgan fingerprint density at radius 2 is 1.96 bits per heavy atom. The number of benzene rings is 1. The minimum absolute atomic E-state index is 0.190. The number of aliphatic hydroxyl groups excluding tert-OH is 1. The third kappa shape index (κ3) is 2.88. The topological polar surface area (TPSA) is 57.6 Å². The van der Waals surface area contributed by atoms with Crippen molar-refractivity contribution in [3.63, 3.8) is 0 Å². The SMILES string of the molecule is CC(=O)C1=C(O)C(=O)N(c2cccc(Cl)c2)C1C1CCCCC1. The normalized spacial score (nSPS) is 22.8. The van der Waals surface area contributed by atoms with E-state index in [0.29, 0.717) is 10.7 Å². The Bertz CT molecular complexity index is 677. The molecule has 1 aliphatic carbocycles. The van der Waals surface area contributed by atoms with E-state index in [1.165, 1.54) is 13.3 Å². The summed E-state index contributed by atoms with van der Waals surface area (Å²) in [5, 5.41) is 10.8. The number of rotatable bonds is 3. The molecule has 0 bridgehead atoms. The van der Waals surface area contributed by atoms with Crippen molar-refractivity contribution in [1.82, 2.24) is 0 Å². The van der Waals surface area contributed by atoms with Gasteiger partial charge in [0.1, 0.15) is 0 Å². The summed E-state index contributed by atoms with van der Waals surface area (Å²) in [6, 6.07) is 6.60. The average molecular weight is 334 g/mol. The predicted octanol–water partition coefficient (Wildman–Crippen LogP) is 4.04. The first-order valence-corrected chi connectivity index (χ1v) is 8.41. The molecule has 0 aromatic heterocycles. The average Bonchev–Trinajstić information content (AvgIpc) is 2.80. The van der Waals surface area contributed by atoms with Gasteiger partial charge < -0.3 is 5.11 Å². The molecule has 2 aliphatic rings. The number of nitrogens with zero attached hydrogens (tertiary/aromatic N) is 1. The van der Waals surface area contributed by atoms with Crippen molar-refractivity contribution < 1.29 is 14.7 Å². The molecule has 4 nitrogen and oxygen atoms in total. The van der Waals surface area contributed by atoms with Crippen LogP contribution in [0, 0.1) is 5.92 Å². The first-order chi connectivity index (χ1) is 11.0. The number of carbonyl (C=O) groups is 2. The van der Waals surface area contributed by atoms with Crippen LogP contribution in [0.5, 0.6) is 0 Å². The van der Waals surface area contributed by atoms with Gasteiger partial charge in [0.05, 0.1) is 11.6 Å². The molecule has 23 heavy (non-hydrogen) atoms. The lowest BCUT2D eigenvalue weighted by Gasteiger charge is -2.35. The van der Waals surface area contributed by atoms with Crippen molar-refractivity contribution in [2.45, 2.75) is 45.1 Å². The fourth-order valence-electron chi connectivity index (χ4n) is 3.80. The lowest BCUT2D eigenvalue weighted by Crippen LogP contribution is -2.42. The first-order valence-electron chi connectivity index (χ1n) is 8.04. The zero-order chi connectivity index (χ0) is 16.6. The highest BCUT2D eigenvalue weighted by Crippen LogP contribution is 2.40. The minimum Gasteiger partial charge on any atom is -0.503 e. The van der Waals surface area contributed by atoms with E-state index in [1.54, 1.807) is 29.2 Å².